The largest absolute Gasteiger partial charge is 0.497 e. The van der Waals surface area contributed by atoms with Crippen molar-refractivity contribution in [1.82, 2.24) is 10.2 Å². The van der Waals surface area contributed by atoms with Gasteiger partial charge in [0.25, 0.3) is 0 Å². The van der Waals surface area contributed by atoms with E-state index >= 15 is 0 Å². The highest BCUT2D eigenvalue weighted by Gasteiger charge is 2.33. The van der Waals surface area contributed by atoms with Crippen molar-refractivity contribution in [2.75, 3.05) is 18.6 Å². The molecule has 1 aromatic heterocycles. The van der Waals surface area contributed by atoms with E-state index < -0.39 is 0 Å². The molecule has 0 bridgehead atoms. The number of H-pyrrole nitrogens is 1. The Morgan fingerprint density at radius 3 is 2.86 bits per heavy atom. The quantitative estimate of drug-likeness (QED) is 0.725. The van der Waals surface area contributed by atoms with Crippen molar-refractivity contribution < 1.29 is 13.9 Å². The number of rotatable bonds is 5. The van der Waals surface area contributed by atoms with Crippen molar-refractivity contribution in [3.63, 3.8) is 0 Å². The summed E-state index contributed by atoms with van der Waals surface area (Å²) in [6, 6.07) is 10.7. The van der Waals surface area contributed by atoms with Gasteiger partial charge in [-0.25, -0.2) is 4.39 Å². The third-order valence-electron chi connectivity index (χ3n) is 5.37. The fourth-order valence-corrected chi connectivity index (χ4v) is 3.82. The number of anilines is 1. The van der Waals surface area contributed by atoms with Crippen LogP contribution in [0, 0.1) is 18.7 Å². The summed E-state index contributed by atoms with van der Waals surface area (Å²) in [5, 5.41) is 6.81. The standard InChI is InChI=1S/C22H22FN3O2/c1-14-9-18(3-5-20(14)17-12-24-25-13-17)26-8-7-15(22(26)27)10-16-11-19(28-2)4-6-21(16)23/h3-6,9,11-13,15H,7-8,10H2,1-2H3,(H,24,25). The highest BCUT2D eigenvalue weighted by atomic mass is 19.1. The summed E-state index contributed by atoms with van der Waals surface area (Å²) in [6.45, 7) is 2.66. The molecule has 3 aromatic rings. The first-order chi connectivity index (χ1) is 13.6. The molecule has 1 aliphatic heterocycles. The first-order valence-corrected chi connectivity index (χ1v) is 9.30. The molecule has 144 valence electrons. The van der Waals surface area contributed by atoms with Gasteiger partial charge in [0.2, 0.25) is 5.91 Å². The van der Waals surface area contributed by atoms with Crippen molar-refractivity contribution in [1.29, 1.82) is 0 Å². The minimum atomic E-state index is -0.299. The lowest BCUT2D eigenvalue weighted by molar-refractivity contribution is -0.120. The molecule has 1 unspecified atom stereocenters. The van der Waals surface area contributed by atoms with Crippen LogP contribution in [0.1, 0.15) is 17.5 Å². The van der Waals surface area contributed by atoms with E-state index in [1.807, 2.05) is 31.3 Å². The number of nitrogens with zero attached hydrogens (tertiary/aromatic N) is 2. The van der Waals surface area contributed by atoms with E-state index in [1.54, 1.807) is 30.3 Å². The zero-order valence-electron chi connectivity index (χ0n) is 15.9. The molecule has 4 rings (SSSR count). The second-order valence-electron chi connectivity index (χ2n) is 7.12. The van der Waals surface area contributed by atoms with Crippen LogP contribution in [0.25, 0.3) is 11.1 Å². The topological polar surface area (TPSA) is 58.2 Å². The van der Waals surface area contributed by atoms with Gasteiger partial charge >= 0.3 is 0 Å². The van der Waals surface area contributed by atoms with Gasteiger partial charge in [0.15, 0.2) is 0 Å². The maximum atomic E-state index is 14.2. The number of aromatic nitrogens is 2. The monoisotopic (exact) mass is 379 g/mol. The highest BCUT2D eigenvalue weighted by molar-refractivity contribution is 5.97. The molecule has 2 heterocycles. The molecule has 1 aliphatic rings. The van der Waals surface area contributed by atoms with Gasteiger partial charge in [0.05, 0.1) is 13.3 Å². The van der Waals surface area contributed by atoms with Gasteiger partial charge in [-0.2, -0.15) is 5.10 Å². The first kappa shape index (κ1) is 18.2. The number of hydrogen-bond donors (Lipinski definition) is 1. The minimum Gasteiger partial charge on any atom is -0.497 e. The Kier molecular flexibility index (Phi) is 4.86. The molecule has 5 nitrogen and oxygen atoms in total. The number of methoxy groups -OCH3 is 1. The molecular formula is C22H22FN3O2. The Bertz CT molecular complexity index is 1000. The molecule has 1 saturated heterocycles. The lowest BCUT2D eigenvalue weighted by Gasteiger charge is -2.19. The molecule has 0 radical (unpaired) electrons. The van der Waals surface area contributed by atoms with E-state index in [0.717, 1.165) is 22.4 Å². The van der Waals surface area contributed by atoms with E-state index in [4.69, 9.17) is 4.74 Å². The summed E-state index contributed by atoms with van der Waals surface area (Å²) >= 11 is 0. The number of nitrogens with one attached hydrogen (secondary N) is 1. The van der Waals surface area contributed by atoms with Crippen LogP contribution in [0.3, 0.4) is 0 Å². The van der Waals surface area contributed by atoms with Crippen LogP contribution in [-0.4, -0.2) is 29.8 Å². The number of aryl methyl sites for hydroxylation is 1. The number of amides is 1. The van der Waals surface area contributed by atoms with Crippen LogP contribution >= 0.6 is 0 Å². The van der Waals surface area contributed by atoms with Gasteiger partial charge in [0, 0.05) is 29.9 Å². The average Bonchev–Trinajstić information content (AvgIpc) is 3.34. The predicted molar refractivity (Wildman–Crippen MR) is 106 cm³/mol. The van der Waals surface area contributed by atoms with Gasteiger partial charge in [0.1, 0.15) is 11.6 Å². The van der Waals surface area contributed by atoms with Crippen LogP contribution in [0.5, 0.6) is 5.75 Å². The van der Waals surface area contributed by atoms with E-state index in [-0.39, 0.29) is 17.6 Å². The van der Waals surface area contributed by atoms with Crippen molar-refractivity contribution in [2.45, 2.75) is 19.8 Å². The third-order valence-corrected chi connectivity index (χ3v) is 5.37. The van der Waals surface area contributed by atoms with Gasteiger partial charge in [-0.05, 0) is 66.8 Å². The number of halogens is 1. The normalized spacial score (nSPS) is 16.6. The Balaban J connectivity index is 1.52. The van der Waals surface area contributed by atoms with Gasteiger partial charge in [-0.3, -0.25) is 9.89 Å². The van der Waals surface area contributed by atoms with Crippen LogP contribution < -0.4 is 9.64 Å². The van der Waals surface area contributed by atoms with Crippen LogP contribution in [-0.2, 0) is 11.2 Å². The number of benzene rings is 2. The molecular weight excluding hydrogens is 357 g/mol. The lowest BCUT2D eigenvalue weighted by Crippen LogP contribution is -2.27. The van der Waals surface area contributed by atoms with Crippen LogP contribution in [0.2, 0.25) is 0 Å². The number of aromatic amines is 1. The number of carbonyl (C=O) groups excluding carboxylic acids is 1. The summed E-state index contributed by atoms with van der Waals surface area (Å²) in [7, 11) is 1.55. The van der Waals surface area contributed by atoms with Gasteiger partial charge in [-0.1, -0.05) is 6.07 Å². The number of hydrogen-bond acceptors (Lipinski definition) is 3. The zero-order chi connectivity index (χ0) is 19.7. The molecule has 1 N–H and O–H groups in total. The third kappa shape index (κ3) is 3.38. The average molecular weight is 379 g/mol. The van der Waals surface area contributed by atoms with E-state index in [2.05, 4.69) is 10.2 Å². The van der Waals surface area contributed by atoms with Crippen molar-refractivity contribution in [3.8, 4) is 16.9 Å². The second-order valence-corrected chi connectivity index (χ2v) is 7.12. The molecule has 2 aromatic carbocycles. The Hall–Kier alpha value is -3.15. The SMILES string of the molecule is COc1ccc(F)c(CC2CCN(c3ccc(-c4cn[nH]c4)c(C)c3)C2=O)c1. The fraction of sp³-hybridized carbons (Fsp3) is 0.273. The van der Waals surface area contributed by atoms with Crippen LogP contribution in [0.4, 0.5) is 10.1 Å². The number of carbonyl (C=O) groups is 1. The maximum Gasteiger partial charge on any atom is 0.230 e. The highest BCUT2D eigenvalue weighted by Crippen LogP contribution is 2.32. The zero-order valence-corrected chi connectivity index (χ0v) is 15.9. The van der Waals surface area contributed by atoms with Crippen molar-refractivity contribution in [2.24, 2.45) is 5.92 Å². The van der Waals surface area contributed by atoms with Crippen LogP contribution in [0.15, 0.2) is 48.8 Å². The molecule has 1 atom stereocenters. The van der Waals surface area contributed by atoms with Gasteiger partial charge in [-0.15, -0.1) is 0 Å². The van der Waals surface area contributed by atoms with Gasteiger partial charge < -0.3 is 9.64 Å². The number of ether oxygens (including phenoxy) is 1. The summed E-state index contributed by atoms with van der Waals surface area (Å²) in [4.78, 5) is 14.8. The maximum absolute atomic E-state index is 14.2. The smallest absolute Gasteiger partial charge is 0.230 e. The first-order valence-electron chi connectivity index (χ1n) is 9.30. The Labute approximate surface area is 163 Å². The summed E-state index contributed by atoms with van der Waals surface area (Å²) < 4.78 is 19.3. The lowest BCUT2D eigenvalue weighted by atomic mass is 9.97. The van der Waals surface area contributed by atoms with E-state index in [1.165, 1.54) is 6.07 Å². The van der Waals surface area contributed by atoms with E-state index in [0.29, 0.717) is 30.7 Å². The van der Waals surface area contributed by atoms with Crippen molar-refractivity contribution >= 4 is 11.6 Å². The summed E-state index contributed by atoms with van der Waals surface area (Å²) in [5.74, 6) is 0.115. The second kappa shape index (κ2) is 7.46. The summed E-state index contributed by atoms with van der Waals surface area (Å²) in [6.07, 6.45) is 4.71. The van der Waals surface area contributed by atoms with Crippen molar-refractivity contribution in [3.05, 3.63) is 65.7 Å². The molecule has 28 heavy (non-hydrogen) atoms. The molecule has 1 amide bonds. The Morgan fingerprint density at radius 2 is 2.14 bits per heavy atom. The molecule has 0 saturated carbocycles. The molecule has 6 heteroatoms. The van der Waals surface area contributed by atoms with E-state index in [9.17, 15) is 9.18 Å². The molecule has 0 aliphatic carbocycles. The predicted octanol–water partition coefficient (Wildman–Crippen LogP) is 4.13. The summed E-state index contributed by atoms with van der Waals surface area (Å²) in [5.41, 5.74) is 4.57. The Morgan fingerprint density at radius 1 is 1.29 bits per heavy atom. The fourth-order valence-electron chi connectivity index (χ4n) is 3.82. The molecule has 1 fully saturated rings. The molecule has 0 spiro atoms. The minimum absolute atomic E-state index is 0.0395.